The van der Waals surface area contributed by atoms with Gasteiger partial charge in [0.25, 0.3) is 0 Å². The normalized spacial score (nSPS) is 17.2. The van der Waals surface area contributed by atoms with E-state index in [2.05, 4.69) is 30.9 Å². The number of nitrogens with zero attached hydrogens (tertiary/aromatic N) is 5. The van der Waals surface area contributed by atoms with Gasteiger partial charge >= 0.3 is 0 Å². The van der Waals surface area contributed by atoms with Crippen LogP contribution in [-0.2, 0) is 22.4 Å². The zero-order valence-electron chi connectivity index (χ0n) is 20.9. The van der Waals surface area contributed by atoms with Crippen molar-refractivity contribution >= 4 is 38.9 Å². The molecule has 0 spiro atoms. The average Bonchev–Trinajstić information content (AvgIpc) is 3.45. The van der Waals surface area contributed by atoms with Crippen molar-refractivity contribution in [3.05, 3.63) is 82.4 Å². The Morgan fingerprint density at radius 3 is 2.55 bits per heavy atom. The lowest BCUT2D eigenvalue weighted by Crippen LogP contribution is -2.42. The van der Waals surface area contributed by atoms with Crippen molar-refractivity contribution in [3.63, 3.8) is 0 Å². The number of ketones is 2. The molecule has 194 valence electrons. The Labute approximate surface area is 227 Å². The van der Waals surface area contributed by atoms with E-state index in [1.807, 2.05) is 12.1 Å². The molecule has 1 aliphatic rings. The molecular formula is C28H25BrFN5O3. The molecule has 5 heterocycles. The molecule has 1 amide bonds. The Morgan fingerprint density at radius 2 is 1.84 bits per heavy atom. The van der Waals surface area contributed by atoms with Crippen LogP contribution in [0.25, 0.3) is 16.6 Å². The maximum Gasteiger partial charge on any atom is 0.229 e. The molecule has 0 aliphatic carbocycles. The first-order valence-electron chi connectivity index (χ1n) is 12.2. The maximum atomic E-state index is 14.5. The molecule has 0 unspecified atom stereocenters. The minimum atomic E-state index is -1.28. The summed E-state index contributed by atoms with van der Waals surface area (Å²) >= 11 is 3.29. The van der Waals surface area contributed by atoms with Gasteiger partial charge in [-0.2, -0.15) is 0 Å². The van der Waals surface area contributed by atoms with Crippen molar-refractivity contribution < 1.29 is 18.8 Å². The van der Waals surface area contributed by atoms with E-state index in [-0.39, 0.29) is 43.3 Å². The predicted molar refractivity (Wildman–Crippen MR) is 143 cm³/mol. The van der Waals surface area contributed by atoms with Gasteiger partial charge in [-0.1, -0.05) is 6.07 Å². The largest absolute Gasteiger partial charge is 0.329 e. The Bertz CT molecular complexity index is 1550. The van der Waals surface area contributed by atoms with Gasteiger partial charge in [0.15, 0.2) is 11.6 Å². The molecule has 4 aromatic heterocycles. The van der Waals surface area contributed by atoms with Crippen LogP contribution < -0.4 is 0 Å². The highest BCUT2D eigenvalue weighted by atomic mass is 79.9. The molecule has 0 radical (unpaired) electrons. The maximum absolute atomic E-state index is 14.5. The number of Topliss-reactive ketones (excluding diaryl/α,β-unsaturated/α-hetero) is 2. The molecular weight excluding hydrogens is 553 g/mol. The second-order valence-corrected chi connectivity index (χ2v) is 10.3. The molecule has 0 N–H and O–H groups in total. The third-order valence-corrected chi connectivity index (χ3v) is 7.19. The lowest BCUT2D eigenvalue weighted by Gasteiger charge is -2.23. The third-order valence-electron chi connectivity index (χ3n) is 6.75. The van der Waals surface area contributed by atoms with E-state index >= 15 is 0 Å². The quantitative estimate of drug-likeness (QED) is 0.239. The van der Waals surface area contributed by atoms with Crippen LogP contribution in [-0.4, -0.2) is 60.5 Å². The van der Waals surface area contributed by atoms with Crippen LogP contribution in [0.5, 0.6) is 0 Å². The van der Waals surface area contributed by atoms with E-state index in [4.69, 9.17) is 0 Å². The topological polar surface area (TPSA) is 97.5 Å². The standard InChI is InChI=1S/C28H25BrFN5O3/c1-16(36)23-11-22(34-7-6-18(8-24(23)34)19-13-31-17(2)32-14-19)12-28(38)35-15-20(30)9-25(35)26(37)10-21-4-3-5-27(29)33-21/h3-8,11,13-14,20,25H,9-10,12,15H2,1-2H3/t20-,25+/m1/s1. The average molecular weight is 578 g/mol. The van der Waals surface area contributed by atoms with Crippen molar-refractivity contribution in [2.45, 2.75) is 45.3 Å². The molecule has 5 rings (SSSR count). The van der Waals surface area contributed by atoms with Gasteiger partial charge in [-0.3, -0.25) is 14.4 Å². The minimum Gasteiger partial charge on any atom is -0.329 e. The Hall–Kier alpha value is -3.79. The van der Waals surface area contributed by atoms with Gasteiger partial charge in [-0.05, 0) is 65.7 Å². The Morgan fingerprint density at radius 1 is 1.08 bits per heavy atom. The summed E-state index contributed by atoms with van der Waals surface area (Å²) in [5, 5.41) is 0. The molecule has 38 heavy (non-hydrogen) atoms. The molecule has 10 heteroatoms. The molecule has 0 saturated carbocycles. The monoisotopic (exact) mass is 577 g/mol. The first-order valence-corrected chi connectivity index (χ1v) is 13.0. The highest BCUT2D eigenvalue weighted by Gasteiger charge is 2.39. The van der Waals surface area contributed by atoms with Gasteiger partial charge in [0.05, 0.1) is 30.9 Å². The minimum absolute atomic E-state index is 0.00858. The number of pyridine rings is 2. The second kappa shape index (κ2) is 10.5. The van der Waals surface area contributed by atoms with Crippen LogP contribution in [0, 0.1) is 6.92 Å². The number of rotatable bonds is 7. The molecule has 0 aromatic carbocycles. The number of aryl methyl sites for hydroxylation is 1. The third kappa shape index (κ3) is 5.26. The first kappa shape index (κ1) is 25.8. The first-order chi connectivity index (χ1) is 18.2. The molecule has 8 nitrogen and oxygen atoms in total. The molecule has 1 aliphatic heterocycles. The molecule has 1 saturated heterocycles. The molecule has 1 fully saturated rings. The van der Waals surface area contributed by atoms with Crippen molar-refractivity contribution in [2.75, 3.05) is 6.54 Å². The number of alkyl halides is 1. The molecule has 2 atom stereocenters. The number of hydrogen-bond acceptors (Lipinski definition) is 6. The highest BCUT2D eigenvalue weighted by Crippen LogP contribution is 2.27. The van der Waals surface area contributed by atoms with Crippen molar-refractivity contribution in [1.82, 2.24) is 24.3 Å². The van der Waals surface area contributed by atoms with Gasteiger partial charge in [0.2, 0.25) is 5.91 Å². The van der Waals surface area contributed by atoms with Crippen molar-refractivity contribution in [3.8, 4) is 11.1 Å². The molecule has 0 bridgehead atoms. The number of likely N-dealkylation sites (tertiary alicyclic amines) is 1. The summed E-state index contributed by atoms with van der Waals surface area (Å²) in [5.41, 5.74) is 3.90. The summed E-state index contributed by atoms with van der Waals surface area (Å²) in [7, 11) is 0. The van der Waals surface area contributed by atoms with Crippen molar-refractivity contribution in [2.24, 2.45) is 0 Å². The van der Waals surface area contributed by atoms with E-state index in [1.165, 1.54) is 11.8 Å². The Balaban J connectivity index is 1.41. The summed E-state index contributed by atoms with van der Waals surface area (Å²) in [5.74, 6) is -0.0994. The smallest absolute Gasteiger partial charge is 0.229 e. The number of carbonyl (C=O) groups excluding carboxylic acids is 3. The number of carbonyl (C=O) groups is 3. The lowest BCUT2D eigenvalue weighted by atomic mass is 10.0. The van der Waals surface area contributed by atoms with E-state index in [0.29, 0.717) is 32.9 Å². The van der Waals surface area contributed by atoms with Crippen LogP contribution in [0.2, 0.25) is 0 Å². The highest BCUT2D eigenvalue weighted by molar-refractivity contribution is 9.10. The van der Waals surface area contributed by atoms with E-state index in [1.54, 1.807) is 54.2 Å². The van der Waals surface area contributed by atoms with E-state index in [0.717, 1.165) is 11.1 Å². The second-order valence-electron chi connectivity index (χ2n) is 9.46. The number of aromatic nitrogens is 4. The van der Waals surface area contributed by atoms with E-state index < -0.39 is 12.2 Å². The number of fused-ring (bicyclic) bond motifs is 1. The molecule has 4 aromatic rings. The lowest BCUT2D eigenvalue weighted by molar-refractivity contribution is -0.137. The van der Waals surface area contributed by atoms with Gasteiger partial charge in [0.1, 0.15) is 16.6 Å². The summed E-state index contributed by atoms with van der Waals surface area (Å²) in [6, 6.07) is 9.82. The fraction of sp³-hybridized carbons (Fsp3) is 0.286. The van der Waals surface area contributed by atoms with Crippen LogP contribution >= 0.6 is 15.9 Å². The SMILES string of the molecule is CC(=O)c1cc(CC(=O)N2C[C@H](F)C[C@H]2C(=O)Cc2cccc(Br)n2)n2ccc(-c3cnc(C)nc3)cc12. The van der Waals surface area contributed by atoms with Gasteiger partial charge in [-0.25, -0.2) is 19.3 Å². The summed E-state index contributed by atoms with van der Waals surface area (Å²) in [6.07, 6.45) is 3.85. The summed E-state index contributed by atoms with van der Waals surface area (Å²) < 4.78 is 16.8. The number of amides is 1. The zero-order chi connectivity index (χ0) is 27.0. The number of halogens is 2. The predicted octanol–water partition coefficient (Wildman–Crippen LogP) is 4.36. The summed E-state index contributed by atoms with van der Waals surface area (Å²) in [4.78, 5) is 53.0. The van der Waals surface area contributed by atoms with Crippen LogP contribution in [0.15, 0.2) is 59.6 Å². The summed E-state index contributed by atoms with van der Waals surface area (Å²) in [6.45, 7) is 3.14. The fourth-order valence-corrected chi connectivity index (χ4v) is 5.26. The van der Waals surface area contributed by atoms with Crippen molar-refractivity contribution in [1.29, 1.82) is 0 Å². The van der Waals surface area contributed by atoms with Crippen LogP contribution in [0.4, 0.5) is 4.39 Å². The van der Waals surface area contributed by atoms with Gasteiger partial charge in [0, 0.05) is 47.5 Å². The van der Waals surface area contributed by atoms with Crippen LogP contribution in [0.1, 0.15) is 40.9 Å². The van der Waals surface area contributed by atoms with Gasteiger partial charge < -0.3 is 9.30 Å². The fourth-order valence-electron chi connectivity index (χ4n) is 4.87. The number of hydrogen-bond donors (Lipinski definition) is 0. The Kier molecular flexibility index (Phi) is 7.16. The van der Waals surface area contributed by atoms with E-state index in [9.17, 15) is 18.8 Å². The van der Waals surface area contributed by atoms with Gasteiger partial charge in [-0.15, -0.1) is 0 Å². The zero-order valence-corrected chi connectivity index (χ0v) is 22.5. The van der Waals surface area contributed by atoms with Crippen LogP contribution in [0.3, 0.4) is 0 Å².